The van der Waals surface area contributed by atoms with Gasteiger partial charge in [0.15, 0.2) is 0 Å². The van der Waals surface area contributed by atoms with Gasteiger partial charge in [-0.15, -0.1) is 11.3 Å². The molecule has 10 aromatic rings. The molecule has 0 aliphatic carbocycles. The number of fused-ring (bicyclic) bond motifs is 10. The number of hydrogen-bond acceptors (Lipinski definition) is 3. The van der Waals surface area contributed by atoms with Crippen LogP contribution in [0.2, 0.25) is 0 Å². The maximum Gasteiger partial charge on any atom is 0.0446 e. The number of hydrogen-bond donors (Lipinski definition) is 2. The van der Waals surface area contributed by atoms with Gasteiger partial charge in [-0.3, -0.25) is 0 Å². The van der Waals surface area contributed by atoms with E-state index in [2.05, 4.69) is 185 Å². The number of rotatable bonds is 2. The van der Waals surface area contributed by atoms with Crippen LogP contribution in [0.4, 0.5) is 0 Å². The van der Waals surface area contributed by atoms with Crippen LogP contribution in [0.25, 0.3) is 74.7 Å². The third-order valence-electron chi connectivity index (χ3n) is 9.78. The van der Waals surface area contributed by atoms with Crippen molar-refractivity contribution in [1.82, 2.24) is 0 Å². The van der Waals surface area contributed by atoms with Gasteiger partial charge in [0.05, 0.1) is 0 Å². The molecule has 54 heavy (non-hydrogen) atoms. The lowest BCUT2D eigenvalue weighted by Gasteiger charge is -2.14. The van der Waals surface area contributed by atoms with Gasteiger partial charge in [-0.05, 0) is 82.1 Å². The van der Waals surface area contributed by atoms with Crippen LogP contribution in [0.15, 0.2) is 188 Å². The molecule has 0 saturated heterocycles. The van der Waals surface area contributed by atoms with E-state index >= 15 is 0 Å². The summed E-state index contributed by atoms with van der Waals surface area (Å²) < 4.78 is 2.74. The summed E-state index contributed by atoms with van der Waals surface area (Å²) in [4.78, 5) is 0. The number of aryl methyl sites for hydroxylation is 3. The summed E-state index contributed by atoms with van der Waals surface area (Å²) in [6.45, 7) is 6.37. The summed E-state index contributed by atoms with van der Waals surface area (Å²) in [7, 11) is 0. The molecule has 0 amide bonds. The summed E-state index contributed by atoms with van der Waals surface area (Å²) in [5, 5.41) is 10.8. The molecule has 0 radical (unpaired) electrons. The molecule has 9 aromatic carbocycles. The van der Waals surface area contributed by atoms with Crippen LogP contribution < -0.4 is 0 Å². The Balaban J connectivity index is 0.000000168. The molecular formula is C51H42N2S. The van der Waals surface area contributed by atoms with Crippen LogP contribution in [0, 0.1) is 31.8 Å². The number of nitrogens with one attached hydrogen (secondary N) is 2. The molecule has 10 rings (SSSR count). The fourth-order valence-electron chi connectivity index (χ4n) is 7.22. The zero-order chi connectivity index (χ0) is 37.4. The average Bonchev–Trinajstić information content (AvgIpc) is 3.62. The largest absolute Gasteiger partial charge is 0.213 e. The maximum absolute atomic E-state index is 5.00. The van der Waals surface area contributed by atoms with Gasteiger partial charge in [-0.2, -0.15) is 0 Å². The monoisotopic (exact) mass is 714 g/mol. The van der Waals surface area contributed by atoms with Crippen LogP contribution in [0.3, 0.4) is 0 Å². The summed E-state index contributed by atoms with van der Waals surface area (Å²) >= 11 is 1.93. The summed E-state index contributed by atoms with van der Waals surface area (Å²) in [5.41, 5.74) is 19.1. The van der Waals surface area contributed by atoms with Crippen molar-refractivity contribution < 1.29 is 0 Å². The molecule has 262 valence electrons. The van der Waals surface area contributed by atoms with E-state index in [-0.39, 0.29) is 0 Å². The third kappa shape index (κ3) is 7.41. The molecule has 2 N–H and O–H groups in total. The minimum Gasteiger partial charge on any atom is -0.213 e. The van der Waals surface area contributed by atoms with Crippen LogP contribution in [-0.2, 0) is 0 Å². The molecule has 0 aliphatic heterocycles. The van der Waals surface area contributed by atoms with E-state index in [4.69, 9.17) is 11.1 Å². The van der Waals surface area contributed by atoms with Crippen molar-refractivity contribution in [1.29, 1.82) is 11.1 Å². The summed E-state index contributed by atoms with van der Waals surface area (Å²) in [5.74, 6) is 0. The van der Waals surface area contributed by atoms with Crippen LogP contribution in [-0.4, -0.2) is 0 Å². The number of thiophene rings is 1. The van der Waals surface area contributed by atoms with Gasteiger partial charge >= 0.3 is 0 Å². The molecule has 3 heteroatoms. The van der Waals surface area contributed by atoms with Crippen LogP contribution in [0.5, 0.6) is 0 Å². The first-order valence-electron chi connectivity index (χ1n) is 18.2. The average molecular weight is 715 g/mol. The Kier molecular flexibility index (Phi) is 11.0. The van der Waals surface area contributed by atoms with Crippen molar-refractivity contribution in [3.63, 3.8) is 0 Å². The highest BCUT2D eigenvalue weighted by Crippen LogP contribution is 2.48. The summed E-state index contributed by atoms with van der Waals surface area (Å²) in [6, 6.07) is 67.3. The highest BCUT2D eigenvalue weighted by molar-refractivity contribution is 7.27. The van der Waals surface area contributed by atoms with Gasteiger partial charge in [-0.1, -0.05) is 193 Å². The van der Waals surface area contributed by atoms with Gasteiger partial charge in [0.1, 0.15) is 0 Å². The molecule has 0 spiro atoms. The Morgan fingerprint density at radius 3 is 1.41 bits per heavy atom. The fraction of sp³-hybridized carbons (Fsp3) is 0.0588. The second-order valence-electron chi connectivity index (χ2n) is 13.5. The second-order valence-corrected chi connectivity index (χ2v) is 14.5. The lowest BCUT2D eigenvalue weighted by Crippen LogP contribution is -1.87. The van der Waals surface area contributed by atoms with Crippen molar-refractivity contribution in [2.24, 2.45) is 0 Å². The molecule has 1 heterocycles. The van der Waals surface area contributed by atoms with Crippen molar-refractivity contribution in [2.45, 2.75) is 20.8 Å². The first-order chi connectivity index (χ1) is 26.5. The normalized spacial score (nSPS) is 10.6. The predicted molar refractivity (Wildman–Crippen MR) is 235 cm³/mol. The SMILES string of the molecule is Cc1ccc(-c2ccccc2)cc1.Cc1cccc(-c2cc3c4ccccc4c4ccccc4c3c3sc4ccccc4c23)c1.Cc1ccccc1.N=N. The van der Waals surface area contributed by atoms with E-state index < -0.39 is 0 Å². The van der Waals surface area contributed by atoms with Gasteiger partial charge in [0.2, 0.25) is 0 Å². The highest BCUT2D eigenvalue weighted by Gasteiger charge is 2.18. The fourth-order valence-corrected chi connectivity index (χ4v) is 8.51. The van der Waals surface area contributed by atoms with E-state index in [1.165, 1.54) is 91.4 Å². The Labute approximate surface area is 321 Å². The van der Waals surface area contributed by atoms with E-state index in [1.807, 2.05) is 35.6 Å². The Morgan fingerprint density at radius 2 is 0.796 bits per heavy atom. The molecule has 0 fully saturated rings. The predicted octanol–water partition coefficient (Wildman–Crippen LogP) is 15.7. The van der Waals surface area contributed by atoms with Crippen LogP contribution >= 0.6 is 11.3 Å². The second kappa shape index (κ2) is 16.5. The standard InChI is InChI=1S/C31H20S.C13H12.C7H8.H2N2/c1-19-9-8-10-20(17-19)26-18-27-23-13-3-2-11-21(23)22-12-4-5-14-24(22)29(27)31-30(26)25-15-6-7-16-28(25)32-31;1-11-7-9-13(10-8-11)12-5-3-2-4-6-12;1-7-5-3-2-4-6-7;1-2/h2-18H,1H3;2-10H,1H3;2-6H,1H3;1-2H. The summed E-state index contributed by atoms with van der Waals surface area (Å²) in [6.07, 6.45) is 0. The first kappa shape index (κ1) is 36.0. The zero-order valence-electron chi connectivity index (χ0n) is 30.8. The van der Waals surface area contributed by atoms with Crippen molar-refractivity contribution in [2.75, 3.05) is 0 Å². The highest BCUT2D eigenvalue weighted by atomic mass is 32.1. The lowest BCUT2D eigenvalue weighted by molar-refractivity contribution is 1.05. The molecule has 0 bridgehead atoms. The Hall–Kier alpha value is -6.42. The smallest absolute Gasteiger partial charge is 0.0446 e. The minimum absolute atomic E-state index is 1.28. The van der Waals surface area contributed by atoms with Crippen molar-refractivity contribution in [3.05, 3.63) is 205 Å². The Bertz CT molecular complexity index is 2820. The minimum atomic E-state index is 1.28. The lowest BCUT2D eigenvalue weighted by atomic mass is 9.89. The molecule has 1 aromatic heterocycles. The quantitative estimate of drug-likeness (QED) is 0.132. The van der Waals surface area contributed by atoms with E-state index in [0.717, 1.165) is 0 Å². The van der Waals surface area contributed by atoms with Gasteiger partial charge < -0.3 is 0 Å². The van der Waals surface area contributed by atoms with Gasteiger partial charge in [0, 0.05) is 25.6 Å². The zero-order valence-corrected chi connectivity index (χ0v) is 31.6. The molecule has 0 unspecified atom stereocenters. The molecular weight excluding hydrogens is 673 g/mol. The topological polar surface area (TPSA) is 47.7 Å². The Morgan fingerprint density at radius 1 is 0.333 bits per heavy atom. The third-order valence-corrected chi connectivity index (χ3v) is 11.0. The molecule has 2 nitrogen and oxygen atoms in total. The van der Waals surface area contributed by atoms with E-state index in [0.29, 0.717) is 0 Å². The van der Waals surface area contributed by atoms with Gasteiger partial charge in [0.25, 0.3) is 0 Å². The molecule has 0 saturated carbocycles. The maximum atomic E-state index is 5.00. The van der Waals surface area contributed by atoms with Crippen molar-refractivity contribution >= 4 is 63.8 Å². The first-order valence-corrected chi connectivity index (χ1v) is 19.0. The van der Waals surface area contributed by atoms with E-state index in [9.17, 15) is 0 Å². The molecule has 0 atom stereocenters. The van der Waals surface area contributed by atoms with E-state index in [1.54, 1.807) is 0 Å². The van der Waals surface area contributed by atoms with Crippen LogP contribution in [0.1, 0.15) is 16.7 Å². The number of benzene rings is 9. The van der Waals surface area contributed by atoms with Crippen molar-refractivity contribution in [3.8, 4) is 22.3 Å². The van der Waals surface area contributed by atoms with Gasteiger partial charge in [-0.25, -0.2) is 11.1 Å². The molecule has 0 aliphatic rings.